The Morgan fingerprint density at radius 2 is 1.63 bits per heavy atom. The molecule has 140 valence electrons. The number of hydrogen-bond donors (Lipinski definition) is 0. The summed E-state index contributed by atoms with van der Waals surface area (Å²) < 4.78 is 18.9. The van der Waals surface area contributed by atoms with Gasteiger partial charge >= 0.3 is 5.97 Å². The van der Waals surface area contributed by atoms with E-state index in [2.05, 4.69) is 0 Å². The van der Waals surface area contributed by atoms with E-state index in [0.29, 0.717) is 31.9 Å². The summed E-state index contributed by atoms with van der Waals surface area (Å²) in [7, 11) is 0. The standard InChI is InChI=1S/C21H21FN2O3/c22-18-8-4-5-9-19(18)23-12-14-24(15-13-23)20(25)16-27-21(26)11-10-17-6-2-1-3-7-17/h1-11H,12-16H2. The summed E-state index contributed by atoms with van der Waals surface area (Å²) in [6.07, 6.45) is 2.94. The molecular weight excluding hydrogens is 347 g/mol. The van der Waals surface area contributed by atoms with Crippen LogP contribution in [0.3, 0.4) is 0 Å². The molecule has 0 spiro atoms. The summed E-state index contributed by atoms with van der Waals surface area (Å²) in [6.45, 7) is 1.70. The van der Waals surface area contributed by atoms with Crippen LogP contribution in [0.1, 0.15) is 5.56 Å². The number of carbonyl (C=O) groups is 2. The van der Waals surface area contributed by atoms with Crippen molar-refractivity contribution in [3.8, 4) is 0 Å². The number of para-hydroxylation sites is 1. The van der Waals surface area contributed by atoms with Crippen LogP contribution in [0, 0.1) is 5.82 Å². The van der Waals surface area contributed by atoms with E-state index >= 15 is 0 Å². The number of anilines is 1. The number of piperazine rings is 1. The second-order valence-corrected chi connectivity index (χ2v) is 6.17. The zero-order valence-electron chi connectivity index (χ0n) is 14.9. The average Bonchev–Trinajstić information content (AvgIpc) is 2.72. The second-order valence-electron chi connectivity index (χ2n) is 6.17. The van der Waals surface area contributed by atoms with Crippen LogP contribution in [0.2, 0.25) is 0 Å². The smallest absolute Gasteiger partial charge is 0.331 e. The first-order valence-corrected chi connectivity index (χ1v) is 8.80. The van der Waals surface area contributed by atoms with Crippen molar-refractivity contribution in [2.24, 2.45) is 0 Å². The predicted molar refractivity (Wildman–Crippen MR) is 102 cm³/mol. The number of ether oxygens (including phenoxy) is 1. The Balaban J connectivity index is 1.44. The Morgan fingerprint density at radius 1 is 0.963 bits per heavy atom. The van der Waals surface area contributed by atoms with Crippen LogP contribution in [-0.4, -0.2) is 49.6 Å². The molecule has 27 heavy (non-hydrogen) atoms. The number of hydrogen-bond acceptors (Lipinski definition) is 4. The Morgan fingerprint density at radius 3 is 2.33 bits per heavy atom. The van der Waals surface area contributed by atoms with Crippen LogP contribution < -0.4 is 4.90 Å². The topological polar surface area (TPSA) is 49.9 Å². The number of esters is 1. The quantitative estimate of drug-likeness (QED) is 0.602. The number of benzene rings is 2. The molecule has 0 saturated carbocycles. The number of carbonyl (C=O) groups excluding carboxylic acids is 2. The number of nitrogens with zero attached hydrogens (tertiary/aromatic N) is 2. The van der Waals surface area contributed by atoms with Gasteiger partial charge in [0, 0.05) is 32.3 Å². The fourth-order valence-corrected chi connectivity index (χ4v) is 2.91. The van der Waals surface area contributed by atoms with Gasteiger partial charge in [0.25, 0.3) is 5.91 Å². The molecule has 5 nitrogen and oxygen atoms in total. The van der Waals surface area contributed by atoms with Gasteiger partial charge in [-0.15, -0.1) is 0 Å². The highest BCUT2D eigenvalue weighted by Crippen LogP contribution is 2.20. The van der Waals surface area contributed by atoms with E-state index in [9.17, 15) is 14.0 Å². The largest absolute Gasteiger partial charge is 0.452 e. The van der Waals surface area contributed by atoms with E-state index in [1.165, 1.54) is 12.1 Å². The zero-order chi connectivity index (χ0) is 19.1. The monoisotopic (exact) mass is 368 g/mol. The predicted octanol–water partition coefficient (Wildman–Crippen LogP) is 2.73. The molecule has 2 aromatic carbocycles. The first kappa shape index (κ1) is 18.6. The van der Waals surface area contributed by atoms with Crippen molar-refractivity contribution in [3.05, 3.63) is 72.1 Å². The molecule has 0 unspecified atom stereocenters. The third-order valence-electron chi connectivity index (χ3n) is 4.37. The van der Waals surface area contributed by atoms with E-state index in [1.54, 1.807) is 29.2 Å². The molecule has 1 amide bonds. The maximum absolute atomic E-state index is 13.8. The van der Waals surface area contributed by atoms with E-state index in [0.717, 1.165) is 5.56 Å². The van der Waals surface area contributed by atoms with Crippen LogP contribution in [0.15, 0.2) is 60.7 Å². The number of halogens is 1. The molecule has 0 aromatic heterocycles. The molecule has 1 heterocycles. The normalized spacial score (nSPS) is 14.4. The van der Waals surface area contributed by atoms with Gasteiger partial charge in [0.2, 0.25) is 0 Å². The van der Waals surface area contributed by atoms with Crippen LogP contribution >= 0.6 is 0 Å². The average molecular weight is 368 g/mol. The van der Waals surface area contributed by atoms with Crippen LogP contribution in [-0.2, 0) is 14.3 Å². The molecule has 0 bridgehead atoms. The summed E-state index contributed by atoms with van der Waals surface area (Å²) in [5.41, 5.74) is 1.42. The maximum Gasteiger partial charge on any atom is 0.331 e. The number of rotatable bonds is 5. The van der Waals surface area contributed by atoms with E-state index in [1.807, 2.05) is 35.2 Å². The summed E-state index contributed by atoms with van der Waals surface area (Å²) >= 11 is 0. The highest BCUT2D eigenvalue weighted by Gasteiger charge is 2.23. The molecule has 1 aliphatic heterocycles. The lowest BCUT2D eigenvalue weighted by Gasteiger charge is -2.36. The number of amides is 1. The summed E-state index contributed by atoms with van der Waals surface area (Å²) in [5.74, 6) is -1.07. The third kappa shape index (κ3) is 5.17. The van der Waals surface area contributed by atoms with E-state index in [4.69, 9.17) is 4.74 Å². The lowest BCUT2D eigenvalue weighted by Crippen LogP contribution is -2.50. The van der Waals surface area contributed by atoms with Crippen LogP contribution in [0.4, 0.5) is 10.1 Å². The van der Waals surface area contributed by atoms with Crippen LogP contribution in [0.5, 0.6) is 0 Å². The fourth-order valence-electron chi connectivity index (χ4n) is 2.91. The molecule has 1 aliphatic rings. The van der Waals surface area contributed by atoms with Gasteiger partial charge in [0.1, 0.15) is 5.82 Å². The molecule has 3 rings (SSSR count). The minimum absolute atomic E-state index is 0.246. The Hall–Kier alpha value is -3.15. The lowest BCUT2D eigenvalue weighted by molar-refractivity contribution is -0.148. The van der Waals surface area contributed by atoms with Crippen molar-refractivity contribution in [1.29, 1.82) is 0 Å². The van der Waals surface area contributed by atoms with E-state index < -0.39 is 5.97 Å². The molecule has 0 aliphatic carbocycles. The van der Waals surface area contributed by atoms with Crippen LogP contribution in [0.25, 0.3) is 6.08 Å². The molecule has 6 heteroatoms. The molecule has 2 aromatic rings. The first-order chi connectivity index (χ1) is 13.1. The van der Waals surface area contributed by atoms with Crippen molar-refractivity contribution in [1.82, 2.24) is 4.90 Å². The molecular formula is C21H21FN2O3. The molecule has 0 atom stereocenters. The minimum Gasteiger partial charge on any atom is -0.452 e. The van der Waals surface area contributed by atoms with Gasteiger partial charge in [-0.25, -0.2) is 9.18 Å². The van der Waals surface area contributed by atoms with Gasteiger partial charge in [-0.1, -0.05) is 42.5 Å². The van der Waals surface area contributed by atoms with E-state index in [-0.39, 0.29) is 18.3 Å². The lowest BCUT2D eigenvalue weighted by atomic mass is 10.2. The highest BCUT2D eigenvalue weighted by molar-refractivity contribution is 5.89. The maximum atomic E-state index is 13.8. The SMILES string of the molecule is O=C(C=Cc1ccccc1)OCC(=O)N1CCN(c2ccccc2F)CC1. The highest BCUT2D eigenvalue weighted by atomic mass is 19.1. The third-order valence-corrected chi connectivity index (χ3v) is 4.37. The summed E-state index contributed by atoms with van der Waals surface area (Å²) in [4.78, 5) is 27.5. The van der Waals surface area contributed by atoms with Gasteiger partial charge in [0.15, 0.2) is 6.61 Å². The van der Waals surface area contributed by atoms with Gasteiger partial charge in [0.05, 0.1) is 5.69 Å². The first-order valence-electron chi connectivity index (χ1n) is 8.80. The summed E-state index contributed by atoms with van der Waals surface area (Å²) in [5, 5.41) is 0. The van der Waals surface area contributed by atoms with Crippen molar-refractivity contribution < 1.29 is 18.7 Å². The Bertz CT molecular complexity index is 815. The van der Waals surface area contributed by atoms with Crippen molar-refractivity contribution in [2.45, 2.75) is 0 Å². The zero-order valence-corrected chi connectivity index (χ0v) is 14.9. The van der Waals surface area contributed by atoms with Crippen molar-refractivity contribution in [2.75, 3.05) is 37.7 Å². The minimum atomic E-state index is -0.558. The van der Waals surface area contributed by atoms with Gasteiger partial charge in [-0.3, -0.25) is 4.79 Å². The molecule has 1 saturated heterocycles. The Labute approximate surface area is 157 Å². The van der Waals surface area contributed by atoms with Gasteiger partial charge < -0.3 is 14.5 Å². The molecule has 0 N–H and O–H groups in total. The molecule has 1 fully saturated rings. The van der Waals surface area contributed by atoms with Crippen molar-refractivity contribution in [3.63, 3.8) is 0 Å². The van der Waals surface area contributed by atoms with Gasteiger partial charge in [-0.2, -0.15) is 0 Å². The van der Waals surface area contributed by atoms with Gasteiger partial charge in [-0.05, 0) is 23.8 Å². The second kappa shape index (κ2) is 8.98. The fraction of sp³-hybridized carbons (Fsp3) is 0.238. The summed E-state index contributed by atoms with van der Waals surface area (Å²) in [6, 6.07) is 16.0. The Kier molecular flexibility index (Phi) is 6.20. The van der Waals surface area contributed by atoms with Crippen molar-refractivity contribution >= 4 is 23.6 Å². The molecule has 0 radical (unpaired) electrons.